The van der Waals surface area contributed by atoms with Crippen LogP contribution in [-0.2, 0) is 19.4 Å². The van der Waals surface area contributed by atoms with Crippen LogP contribution in [0.5, 0.6) is 0 Å². The SMILES string of the molecule is O=C(N[C@@H]1CS(=O)(=O)C[C@H]1NC(=O)C1CCCCC1)C1CCCCC1. The zero-order chi connectivity index (χ0) is 17.9. The lowest BCUT2D eigenvalue weighted by atomic mass is 9.88. The average Bonchev–Trinajstić information content (AvgIpc) is 2.89. The van der Waals surface area contributed by atoms with E-state index in [9.17, 15) is 18.0 Å². The van der Waals surface area contributed by atoms with Crippen molar-refractivity contribution in [2.75, 3.05) is 11.5 Å². The number of hydrogen-bond donors (Lipinski definition) is 2. The van der Waals surface area contributed by atoms with Crippen LogP contribution in [0.15, 0.2) is 0 Å². The topological polar surface area (TPSA) is 92.3 Å². The minimum atomic E-state index is -3.23. The summed E-state index contributed by atoms with van der Waals surface area (Å²) in [5, 5.41) is 5.86. The van der Waals surface area contributed by atoms with Gasteiger partial charge in [0.25, 0.3) is 0 Å². The van der Waals surface area contributed by atoms with Crippen molar-refractivity contribution in [1.82, 2.24) is 10.6 Å². The van der Waals surface area contributed by atoms with Crippen molar-refractivity contribution in [2.24, 2.45) is 11.8 Å². The Labute approximate surface area is 150 Å². The highest BCUT2D eigenvalue weighted by Gasteiger charge is 2.41. The van der Waals surface area contributed by atoms with Crippen LogP contribution in [0.2, 0.25) is 0 Å². The second kappa shape index (κ2) is 8.06. The first kappa shape index (κ1) is 18.7. The van der Waals surface area contributed by atoms with Gasteiger partial charge in [-0.2, -0.15) is 0 Å². The number of hydrogen-bond acceptors (Lipinski definition) is 4. The zero-order valence-corrected chi connectivity index (χ0v) is 15.7. The van der Waals surface area contributed by atoms with Crippen LogP contribution in [0.4, 0.5) is 0 Å². The van der Waals surface area contributed by atoms with Crippen LogP contribution in [-0.4, -0.2) is 43.8 Å². The van der Waals surface area contributed by atoms with E-state index in [1.807, 2.05) is 0 Å². The van der Waals surface area contributed by atoms with E-state index in [1.165, 1.54) is 12.8 Å². The fraction of sp³-hybridized carbons (Fsp3) is 0.889. The maximum atomic E-state index is 12.5. The van der Waals surface area contributed by atoms with Crippen molar-refractivity contribution in [2.45, 2.75) is 76.3 Å². The second-order valence-corrected chi connectivity index (χ2v) is 10.1. The molecule has 142 valence electrons. The summed E-state index contributed by atoms with van der Waals surface area (Å²) in [6, 6.07) is -0.987. The average molecular weight is 371 g/mol. The van der Waals surface area contributed by atoms with Crippen LogP contribution in [0.1, 0.15) is 64.2 Å². The summed E-state index contributed by atoms with van der Waals surface area (Å²) in [7, 11) is -3.23. The van der Waals surface area contributed by atoms with Crippen LogP contribution >= 0.6 is 0 Å². The highest BCUT2D eigenvalue weighted by molar-refractivity contribution is 7.91. The summed E-state index contributed by atoms with van der Waals surface area (Å²) in [4.78, 5) is 25.0. The van der Waals surface area contributed by atoms with Crippen molar-refractivity contribution in [3.8, 4) is 0 Å². The molecule has 7 heteroatoms. The zero-order valence-electron chi connectivity index (χ0n) is 14.8. The predicted molar refractivity (Wildman–Crippen MR) is 95.7 cm³/mol. The molecule has 1 heterocycles. The molecule has 0 aromatic heterocycles. The van der Waals surface area contributed by atoms with Crippen molar-refractivity contribution in [3.63, 3.8) is 0 Å². The number of rotatable bonds is 4. The van der Waals surface area contributed by atoms with Gasteiger partial charge in [-0.3, -0.25) is 9.59 Å². The largest absolute Gasteiger partial charge is 0.350 e. The third kappa shape index (κ3) is 4.96. The number of nitrogens with one attached hydrogen (secondary N) is 2. The summed E-state index contributed by atoms with van der Waals surface area (Å²) in [5.74, 6) is -0.238. The van der Waals surface area contributed by atoms with Gasteiger partial charge in [-0.25, -0.2) is 8.42 Å². The van der Waals surface area contributed by atoms with Gasteiger partial charge in [-0.15, -0.1) is 0 Å². The van der Waals surface area contributed by atoms with E-state index in [0.717, 1.165) is 51.4 Å². The Hall–Kier alpha value is -1.11. The second-order valence-electron chi connectivity index (χ2n) is 7.98. The summed E-state index contributed by atoms with van der Waals surface area (Å²) in [6.45, 7) is 0. The van der Waals surface area contributed by atoms with Crippen molar-refractivity contribution >= 4 is 21.7 Å². The number of sulfone groups is 1. The van der Waals surface area contributed by atoms with Gasteiger partial charge in [-0.1, -0.05) is 38.5 Å². The van der Waals surface area contributed by atoms with E-state index in [4.69, 9.17) is 0 Å². The third-order valence-corrected chi connectivity index (χ3v) is 7.69. The molecule has 3 rings (SSSR count). The molecular weight excluding hydrogens is 340 g/mol. The van der Waals surface area contributed by atoms with Crippen LogP contribution < -0.4 is 10.6 Å². The normalized spacial score (nSPS) is 30.7. The molecule has 3 fully saturated rings. The summed E-state index contributed by atoms with van der Waals surface area (Å²) in [6.07, 6.45) is 10.1. The molecule has 2 N–H and O–H groups in total. The number of carbonyl (C=O) groups is 2. The van der Waals surface area contributed by atoms with E-state index >= 15 is 0 Å². The Kier molecular flexibility index (Phi) is 6.02. The van der Waals surface area contributed by atoms with Gasteiger partial charge >= 0.3 is 0 Å². The first-order valence-corrected chi connectivity index (χ1v) is 11.6. The van der Waals surface area contributed by atoms with Gasteiger partial charge in [0, 0.05) is 11.8 Å². The lowest BCUT2D eigenvalue weighted by molar-refractivity contribution is -0.129. The summed E-state index contributed by atoms with van der Waals surface area (Å²) >= 11 is 0. The summed E-state index contributed by atoms with van der Waals surface area (Å²) in [5.41, 5.74) is 0. The number of amides is 2. The van der Waals surface area contributed by atoms with E-state index in [0.29, 0.717) is 0 Å². The molecule has 25 heavy (non-hydrogen) atoms. The molecule has 0 bridgehead atoms. The fourth-order valence-electron chi connectivity index (χ4n) is 4.46. The molecule has 2 aliphatic carbocycles. The van der Waals surface area contributed by atoms with Gasteiger partial charge < -0.3 is 10.6 Å². The molecule has 1 saturated heterocycles. The Morgan fingerprint density at radius 1 is 0.640 bits per heavy atom. The monoisotopic (exact) mass is 370 g/mol. The van der Waals surface area contributed by atoms with Crippen molar-refractivity contribution in [1.29, 1.82) is 0 Å². The quantitative estimate of drug-likeness (QED) is 0.785. The van der Waals surface area contributed by atoms with Gasteiger partial charge in [0.1, 0.15) is 0 Å². The highest BCUT2D eigenvalue weighted by Crippen LogP contribution is 2.26. The number of carbonyl (C=O) groups excluding carboxylic acids is 2. The molecule has 3 aliphatic rings. The van der Waals surface area contributed by atoms with Crippen molar-refractivity contribution < 1.29 is 18.0 Å². The first-order chi connectivity index (χ1) is 11.9. The molecule has 0 spiro atoms. The molecule has 0 aromatic carbocycles. The Morgan fingerprint density at radius 3 is 1.36 bits per heavy atom. The van der Waals surface area contributed by atoms with Gasteiger partial charge in [-0.05, 0) is 25.7 Å². The predicted octanol–water partition coefficient (Wildman–Crippen LogP) is 1.54. The molecule has 6 nitrogen and oxygen atoms in total. The minimum absolute atomic E-state index is 0.00764. The third-order valence-electron chi connectivity index (χ3n) is 5.96. The standard InChI is InChI=1S/C18H30N2O4S/c21-17(13-7-3-1-4-8-13)19-15-11-25(23,24)12-16(15)20-18(22)14-9-5-2-6-10-14/h13-16H,1-12H2,(H,19,21)(H,20,22)/t15-,16-/m1/s1. The lowest BCUT2D eigenvalue weighted by Gasteiger charge is -2.27. The lowest BCUT2D eigenvalue weighted by Crippen LogP contribution is -2.53. The van der Waals surface area contributed by atoms with E-state index in [2.05, 4.69) is 10.6 Å². The van der Waals surface area contributed by atoms with Gasteiger partial charge in [0.05, 0.1) is 23.6 Å². The Balaban J connectivity index is 1.60. The summed E-state index contributed by atoms with van der Waals surface area (Å²) < 4.78 is 24.1. The van der Waals surface area contributed by atoms with Crippen LogP contribution in [0.25, 0.3) is 0 Å². The van der Waals surface area contributed by atoms with Crippen molar-refractivity contribution in [3.05, 3.63) is 0 Å². The molecule has 0 unspecified atom stereocenters. The molecule has 2 saturated carbocycles. The van der Waals surface area contributed by atoms with Gasteiger partial charge in [0.15, 0.2) is 9.84 Å². The van der Waals surface area contributed by atoms with E-state index in [-0.39, 0.29) is 35.2 Å². The molecule has 0 aromatic rings. The molecule has 1 aliphatic heterocycles. The van der Waals surface area contributed by atoms with Crippen LogP contribution in [0, 0.1) is 11.8 Å². The smallest absolute Gasteiger partial charge is 0.223 e. The molecular formula is C18H30N2O4S. The van der Waals surface area contributed by atoms with E-state index in [1.54, 1.807) is 0 Å². The Morgan fingerprint density at radius 2 is 1.00 bits per heavy atom. The van der Waals surface area contributed by atoms with Gasteiger partial charge in [0.2, 0.25) is 11.8 Å². The first-order valence-electron chi connectivity index (χ1n) is 9.76. The maximum Gasteiger partial charge on any atom is 0.223 e. The fourth-order valence-corrected chi connectivity index (χ4v) is 6.32. The Bertz CT molecular complexity index is 546. The molecule has 0 radical (unpaired) electrons. The maximum absolute atomic E-state index is 12.5. The highest BCUT2D eigenvalue weighted by atomic mass is 32.2. The minimum Gasteiger partial charge on any atom is -0.350 e. The molecule has 2 amide bonds. The van der Waals surface area contributed by atoms with Crippen LogP contribution in [0.3, 0.4) is 0 Å². The van der Waals surface area contributed by atoms with E-state index < -0.39 is 21.9 Å². The molecule has 2 atom stereocenters.